The summed E-state index contributed by atoms with van der Waals surface area (Å²) in [5, 5.41) is 11.0. The van der Waals surface area contributed by atoms with Gasteiger partial charge in [-0.05, 0) is 56.2 Å². The number of amidine groups is 1. The molecule has 0 fully saturated rings. The molecule has 0 saturated heterocycles. The Morgan fingerprint density at radius 1 is 1.23 bits per heavy atom. The van der Waals surface area contributed by atoms with Gasteiger partial charge in [-0.3, -0.25) is 4.79 Å². The van der Waals surface area contributed by atoms with E-state index < -0.39 is 5.91 Å². The van der Waals surface area contributed by atoms with Gasteiger partial charge in [0.1, 0.15) is 11.5 Å². The van der Waals surface area contributed by atoms with Gasteiger partial charge in [-0.1, -0.05) is 13.0 Å². The monoisotopic (exact) mass is 473 g/mol. The largest absolute Gasteiger partial charge is 0.398 e. The third-order valence-corrected chi connectivity index (χ3v) is 5.83. The third kappa shape index (κ3) is 5.12. The number of hydrogen-bond acceptors (Lipinski definition) is 8. The molecule has 10 nitrogen and oxygen atoms in total. The molecule has 3 rings (SSSR count). The van der Waals surface area contributed by atoms with Crippen molar-refractivity contribution in [3.63, 3.8) is 0 Å². The van der Waals surface area contributed by atoms with Crippen molar-refractivity contribution in [2.45, 2.75) is 33.6 Å². The van der Waals surface area contributed by atoms with Gasteiger partial charge in [-0.25, -0.2) is 15.0 Å². The van der Waals surface area contributed by atoms with Gasteiger partial charge in [0.2, 0.25) is 0 Å². The van der Waals surface area contributed by atoms with E-state index in [1.807, 2.05) is 39.0 Å². The molecule has 0 bridgehead atoms. The average Bonchev–Trinajstić information content (AvgIpc) is 3.13. The molecule has 1 amide bonds. The first-order valence-corrected chi connectivity index (χ1v) is 11.1. The van der Waals surface area contributed by atoms with E-state index in [0.29, 0.717) is 40.6 Å². The molecule has 1 aliphatic heterocycles. The number of nitrogens with two attached hydrogens (primary N) is 4. The minimum Gasteiger partial charge on any atom is -0.398 e. The molecule has 1 unspecified atom stereocenters. The molecule has 0 spiro atoms. The number of fused-ring (bicyclic) bond motifs is 1. The first-order chi connectivity index (χ1) is 16.6. The van der Waals surface area contributed by atoms with E-state index in [-0.39, 0.29) is 17.5 Å². The fourth-order valence-electron chi connectivity index (χ4n) is 3.92. The van der Waals surface area contributed by atoms with Crippen LogP contribution in [0.4, 0.5) is 17.2 Å². The van der Waals surface area contributed by atoms with Gasteiger partial charge in [-0.15, -0.1) is 0 Å². The van der Waals surface area contributed by atoms with Crippen molar-refractivity contribution in [2.24, 2.45) is 27.2 Å². The standard InChI is InChI=1S/C25H31N9O/c1-12(9-10-26)23(29)34-25-16(6-5-13(2)31-25)15(4)32-22(24(30)35)21-14(3)20-17(11-27)18(28)7-8-19(20)33-21/h5-9,11,14,27,33H,10,26,28H2,1-4H3,(H2,30,35)(H2,29,31,34)/b12-9-,22-21+,27-11?,32-15?. The number of amides is 1. The molecule has 0 radical (unpaired) electrons. The molecule has 182 valence electrons. The van der Waals surface area contributed by atoms with Gasteiger partial charge < -0.3 is 33.7 Å². The molecule has 1 aliphatic rings. The lowest BCUT2D eigenvalue weighted by molar-refractivity contribution is -0.114. The van der Waals surface area contributed by atoms with Crippen molar-refractivity contribution in [3.05, 3.63) is 69.7 Å². The van der Waals surface area contributed by atoms with Crippen LogP contribution in [0, 0.1) is 12.3 Å². The van der Waals surface area contributed by atoms with E-state index in [9.17, 15) is 4.79 Å². The quantitative estimate of drug-likeness (QED) is 0.155. The number of carbonyl (C=O) groups is 1. The van der Waals surface area contributed by atoms with E-state index in [1.165, 1.54) is 6.21 Å². The number of pyridine rings is 1. The van der Waals surface area contributed by atoms with Crippen LogP contribution in [0.1, 0.15) is 49.1 Å². The summed E-state index contributed by atoms with van der Waals surface area (Å²) in [6, 6.07) is 7.18. The number of aromatic nitrogens is 1. The molecule has 0 aliphatic carbocycles. The molecule has 10 heteroatoms. The summed E-state index contributed by atoms with van der Waals surface area (Å²) < 4.78 is 0. The van der Waals surface area contributed by atoms with Gasteiger partial charge in [0, 0.05) is 52.6 Å². The normalized spacial score (nSPS) is 17.6. The Hall–Kier alpha value is -4.31. The summed E-state index contributed by atoms with van der Waals surface area (Å²) >= 11 is 0. The second kappa shape index (κ2) is 10.3. The van der Waals surface area contributed by atoms with Gasteiger partial charge in [-0.2, -0.15) is 0 Å². The van der Waals surface area contributed by atoms with Gasteiger partial charge in [0.15, 0.2) is 5.82 Å². The Labute approximate surface area is 204 Å². The summed E-state index contributed by atoms with van der Waals surface area (Å²) in [5.74, 6) is -0.314. The number of nitrogens with one attached hydrogen (secondary N) is 2. The molecule has 10 N–H and O–H groups in total. The topological polar surface area (TPSA) is 195 Å². The van der Waals surface area contributed by atoms with Gasteiger partial charge in [0.05, 0.1) is 5.70 Å². The minimum atomic E-state index is -0.692. The SMILES string of the molecule is CC(=N/C(C(N)=O)=C1/Nc2ccc(N)c(C=N)c2C1C)c1ccc(C)nc1/N=C(N)\C(C)=C/CN. The molecule has 35 heavy (non-hydrogen) atoms. The van der Waals surface area contributed by atoms with Crippen LogP contribution >= 0.6 is 0 Å². The summed E-state index contributed by atoms with van der Waals surface area (Å²) in [6.07, 6.45) is 2.98. The fraction of sp³-hybridized carbons (Fsp3) is 0.240. The first kappa shape index (κ1) is 25.3. The first-order valence-electron chi connectivity index (χ1n) is 11.1. The fourth-order valence-corrected chi connectivity index (χ4v) is 3.92. The van der Waals surface area contributed by atoms with Crippen molar-refractivity contribution in [2.75, 3.05) is 17.6 Å². The zero-order valence-corrected chi connectivity index (χ0v) is 20.3. The Morgan fingerprint density at radius 2 is 1.94 bits per heavy atom. The number of primary amides is 1. The van der Waals surface area contributed by atoms with Crippen LogP contribution in [0.2, 0.25) is 0 Å². The lowest BCUT2D eigenvalue weighted by Crippen LogP contribution is -2.19. The van der Waals surface area contributed by atoms with Crippen molar-refractivity contribution < 1.29 is 4.79 Å². The molecule has 1 aromatic carbocycles. The maximum atomic E-state index is 12.5. The number of nitrogens with zero attached hydrogens (tertiary/aromatic N) is 3. The number of aliphatic imine (C=N–C) groups is 2. The zero-order valence-electron chi connectivity index (χ0n) is 20.3. The lowest BCUT2D eigenvalue weighted by Gasteiger charge is -2.13. The maximum Gasteiger partial charge on any atom is 0.269 e. The number of nitrogen functional groups attached to an aromatic ring is 1. The van der Waals surface area contributed by atoms with Crippen molar-refractivity contribution in [3.8, 4) is 0 Å². The van der Waals surface area contributed by atoms with Crippen LogP contribution in [0.15, 0.2) is 57.3 Å². The molecule has 2 aromatic rings. The zero-order chi connectivity index (χ0) is 25.9. The number of hydrogen-bond donors (Lipinski definition) is 6. The number of allylic oxidation sites excluding steroid dienone is 1. The molecule has 2 heterocycles. The summed E-state index contributed by atoms with van der Waals surface area (Å²) in [4.78, 5) is 26.1. The highest BCUT2D eigenvalue weighted by Crippen LogP contribution is 2.43. The Balaban J connectivity index is 2.14. The van der Waals surface area contributed by atoms with E-state index in [0.717, 1.165) is 22.5 Å². The second-order valence-corrected chi connectivity index (χ2v) is 8.29. The second-order valence-electron chi connectivity index (χ2n) is 8.29. The molecular formula is C25H31N9O. The van der Waals surface area contributed by atoms with Crippen molar-refractivity contribution in [1.82, 2.24) is 4.98 Å². The predicted molar refractivity (Wildman–Crippen MR) is 142 cm³/mol. The maximum absolute atomic E-state index is 12.5. The van der Waals surface area contributed by atoms with Gasteiger partial charge in [0.25, 0.3) is 5.91 Å². The van der Waals surface area contributed by atoms with Crippen LogP contribution in [0.5, 0.6) is 0 Å². The van der Waals surface area contributed by atoms with Crippen LogP contribution in [-0.4, -0.2) is 35.2 Å². The highest BCUT2D eigenvalue weighted by molar-refractivity contribution is 6.07. The number of rotatable bonds is 7. The van der Waals surface area contributed by atoms with Crippen LogP contribution in [0.3, 0.4) is 0 Å². The molecular weight excluding hydrogens is 442 g/mol. The number of aryl methyl sites for hydroxylation is 1. The highest BCUT2D eigenvalue weighted by atomic mass is 16.1. The van der Waals surface area contributed by atoms with Crippen LogP contribution < -0.4 is 28.3 Å². The average molecular weight is 474 g/mol. The molecule has 1 aromatic heterocycles. The molecule has 1 atom stereocenters. The Kier molecular flexibility index (Phi) is 7.46. The number of benzene rings is 1. The summed E-state index contributed by atoms with van der Waals surface area (Å²) in [5.41, 5.74) is 29.4. The number of carbonyl (C=O) groups excluding carboxylic acids is 1. The van der Waals surface area contributed by atoms with Crippen LogP contribution in [-0.2, 0) is 4.79 Å². The number of anilines is 2. The highest BCUT2D eigenvalue weighted by Gasteiger charge is 2.31. The van der Waals surface area contributed by atoms with E-state index >= 15 is 0 Å². The van der Waals surface area contributed by atoms with Crippen LogP contribution in [0.25, 0.3) is 0 Å². The summed E-state index contributed by atoms with van der Waals surface area (Å²) in [6.45, 7) is 7.66. The van der Waals surface area contributed by atoms with Crippen molar-refractivity contribution in [1.29, 1.82) is 5.41 Å². The van der Waals surface area contributed by atoms with E-state index in [4.69, 9.17) is 28.3 Å². The Morgan fingerprint density at radius 3 is 2.57 bits per heavy atom. The minimum absolute atomic E-state index is 0.0726. The van der Waals surface area contributed by atoms with E-state index in [2.05, 4.69) is 20.3 Å². The van der Waals surface area contributed by atoms with E-state index in [1.54, 1.807) is 19.1 Å². The smallest absolute Gasteiger partial charge is 0.269 e. The third-order valence-electron chi connectivity index (χ3n) is 5.83. The van der Waals surface area contributed by atoms with Crippen molar-refractivity contribution >= 4 is 40.9 Å². The predicted octanol–water partition coefficient (Wildman–Crippen LogP) is 2.60. The summed E-state index contributed by atoms with van der Waals surface area (Å²) in [7, 11) is 0. The molecule has 0 saturated carbocycles. The van der Waals surface area contributed by atoms with Gasteiger partial charge >= 0.3 is 0 Å². The lowest BCUT2D eigenvalue weighted by atomic mass is 9.94. The Bertz CT molecular complexity index is 1320.